The van der Waals surface area contributed by atoms with E-state index in [4.69, 9.17) is 18.9 Å². The number of benzene rings is 1. The summed E-state index contributed by atoms with van der Waals surface area (Å²) in [5, 5.41) is 9.74. The van der Waals surface area contributed by atoms with Crippen molar-refractivity contribution in [1.82, 2.24) is 0 Å². The molecule has 1 N–H and O–H groups in total. The summed E-state index contributed by atoms with van der Waals surface area (Å²) in [5.74, 6) is -3.84. The molecule has 2 aliphatic rings. The molecule has 0 unspecified atom stereocenters. The number of carbonyl (C=O) groups excluding carboxylic acids is 4. The standard InChI is InChI=1S/C22H24O9/c1-12(24)29-17-9-14(11-28-21(26)15-6-4-3-5-7-15)8-16-18(10-23)31-22(27)20(19(16)17)30-13(2)25/h3-7,9,16-20,23H,8,10-11H2,1-2H3/t16-,17-,18-,19+,20-/m1/s1. The van der Waals surface area contributed by atoms with Crippen molar-refractivity contribution in [1.29, 1.82) is 0 Å². The smallest absolute Gasteiger partial charge is 0.348 e. The Balaban J connectivity index is 1.85. The van der Waals surface area contributed by atoms with Crippen LogP contribution in [-0.4, -0.2) is 60.5 Å². The third-order valence-electron chi connectivity index (χ3n) is 5.27. The Hall–Kier alpha value is -3.20. The van der Waals surface area contributed by atoms with E-state index in [0.29, 0.717) is 17.6 Å². The van der Waals surface area contributed by atoms with Gasteiger partial charge in [0.15, 0.2) is 0 Å². The molecule has 1 aromatic rings. The summed E-state index contributed by atoms with van der Waals surface area (Å²) in [6.45, 7) is 1.86. The van der Waals surface area contributed by atoms with E-state index in [1.807, 2.05) is 0 Å². The third kappa shape index (κ3) is 5.29. The third-order valence-corrected chi connectivity index (χ3v) is 5.27. The number of ether oxygens (including phenoxy) is 4. The fourth-order valence-corrected chi connectivity index (χ4v) is 4.04. The second-order valence-electron chi connectivity index (χ2n) is 7.47. The van der Waals surface area contributed by atoms with Crippen molar-refractivity contribution in [2.75, 3.05) is 13.2 Å². The van der Waals surface area contributed by atoms with E-state index in [-0.39, 0.29) is 6.61 Å². The maximum atomic E-state index is 12.4. The van der Waals surface area contributed by atoms with Gasteiger partial charge in [0.25, 0.3) is 0 Å². The number of cyclic esters (lactones) is 1. The van der Waals surface area contributed by atoms with Crippen LogP contribution < -0.4 is 0 Å². The predicted molar refractivity (Wildman–Crippen MR) is 104 cm³/mol. The maximum absolute atomic E-state index is 12.4. The van der Waals surface area contributed by atoms with Crippen LogP contribution in [0.3, 0.4) is 0 Å². The number of esters is 4. The first kappa shape index (κ1) is 22.5. The molecule has 0 radical (unpaired) electrons. The number of carbonyl (C=O) groups is 4. The summed E-state index contributed by atoms with van der Waals surface area (Å²) in [6, 6.07) is 8.47. The number of fused-ring (bicyclic) bond motifs is 1. The lowest BCUT2D eigenvalue weighted by Crippen LogP contribution is -2.57. The minimum atomic E-state index is -1.28. The Bertz CT molecular complexity index is 876. The summed E-state index contributed by atoms with van der Waals surface area (Å²) in [7, 11) is 0. The fraction of sp³-hybridized carbons (Fsp3) is 0.455. The summed E-state index contributed by atoms with van der Waals surface area (Å²) in [4.78, 5) is 47.9. The largest absolute Gasteiger partial charge is 0.458 e. The van der Waals surface area contributed by atoms with Crippen LogP contribution in [0.5, 0.6) is 0 Å². The highest BCUT2D eigenvalue weighted by molar-refractivity contribution is 5.89. The second-order valence-corrected chi connectivity index (χ2v) is 7.47. The van der Waals surface area contributed by atoms with Crippen molar-refractivity contribution in [3.8, 4) is 0 Å². The van der Waals surface area contributed by atoms with Crippen LogP contribution in [0.25, 0.3) is 0 Å². The first-order valence-electron chi connectivity index (χ1n) is 9.87. The van der Waals surface area contributed by atoms with Gasteiger partial charge in [-0.1, -0.05) is 18.2 Å². The van der Waals surface area contributed by atoms with Crippen LogP contribution >= 0.6 is 0 Å². The van der Waals surface area contributed by atoms with Crippen LogP contribution in [0.2, 0.25) is 0 Å². The number of aliphatic hydroxyl groups excluding tert-OH is 1. The van der Waals surface area contributed by atoms with Crippen LogP contribution in [-0.2, 0) is 33.3 Å². The Kier molecular flexibility index (Phi) is 7.06. The van der Waals surface area contributed by atoms with Crippen LogP contribution in [0.15, 0.2) is 42.0 Å². The molecule has 1 aromatic carbocycles. The van der Waals surface area contributed by atoms with Crippen molar-refractivity contribution in [3.05, 3.63) is 47.5 Å². The molecule has 1 heterocycles. The molecule has 1 saturated heterocycles. The van der Waals surface area contributed by atoms with Gasteiger partial charge in [0, 0.05) is 19.8 Å². The number of rotatable bonds is 6. The Labute approximate surface area is 178 Å². The van der Waals surface area contributed by atoms with Gasteiger partial charge in [-0.25, -0.2) is 9.59 Å². The van der Waals surface area contributed by atoms with Crippen molar-refractivity contribution in [2.45, 2.75) is 38.6 Å². The molecule has 3 rings (SSSR count). The molecule has 0 bridgehead atoms. The topological polar surface area (TPSA) is 125 Å². The van der Waals surface area contributed by atoms with Crippen LogP contribution in [0, 0.1) is 11.8 Å². The second kappa shape index (κ2) is 9.74. The lowest BCUT2D eigenvalue weighted by molar-refractivity contribution is -0.205. The van der Waals surface area contributed by atoms with Gasteiger partial charge < -0.3 is 24.1 Å². The zero-order valence-corrected chi connectivity index (χ0v) is 17.2. The van der Waals surface area contributed by atoms with Crippen LogP contribution in [0.4, 0.5) is 0 Å². The van der Waals surface area contributed by atoms with Crippen molar-refractivity contribution >= 4 is 23.9 Å². The number of hydrogen-bond donors (Lipinski definition) is 1. The number of aliphatic hydroxyl groups is 1. The Morgan fingerprint density at radius 3 is 2.39 bits per heavy atom. The molecule has 1 aliphatic carbocycles. The molecule has 5 atom stereocenters. The minimum Gasteiger partial charge on any atom is -0.458 e. The summed E-state index contributed by atoms with van der Waals surface area (Å²) < 4.78 is 21.2. The quantitative estimate of drug-likeness (QED) is 0.401. The SMILES string of the molecule is CC(=O)O[C@@H]1C=C(COC(=O)c2ccccc2)C[C@H]2[C@@H]1[C@@H](OC(C)=O)C(=O)O[C@@H]2CO. The molecular formula is C22H24O9. The first-order valence-corrected chi connectivity index (χ1v) is 9.87. The van der Waals surface area contributed by atoms with Gasteiger partial charge in [-0.05, 0) is 30.2 Å². The summed E-state index contributed by atoms with van der Waals surface area (Å²) in [5.41, 5.74) is 1.03. The van der Waals surface area contributed by atoms with Crippen molar-refractivity contribution in [2.24, 2.45) is 11.8 Å². The molecular weight excluding hydrogens is 408 g/mol. The van der Waals surface area contributed by atoms with Crippen molar-refractivity contribution in [3.63, 3.8) is 0 Å². The van der Waals surface area contributed by atoms with E-state index in [1.54, 1.807) is 36.4 Å². The predicted octanol–water partition coefficient (Wildman–Crippen LogP) is 1.19. The van der Waals surface area contributed by atoms with Crippen molar-refractivity contribution < 1.29 is 43.2 Å². The minimum absolute atomic E-state index is 0.0704. The van der Waals surface area contributed by atoms with E-state index < -0.39 is 60.6 Å². The highest BCUT2D eigenvalue weighted by Gasteiger charge is 2.53. The molecule has 1 aliphatic heterocycles. The fourth-order valence-electron chi connectivity index (χ4n) is 4.04. The lowest BCUT2D eigenvalue weighted by Gasteiger charge is -2.45. The average molecular weight is 432 g/mol. The zero-order chi connectivity index (χ0) is 22.5. The molecule has 166 valence electrons. The van der Waals surface area contributed by atoms with Gasteiger partial charge in [-0.15, -0.1) is 0 Å². The molecule has 9 heteroatoms. The van der Waals surface area contributed by atoms with E-state index in [9.17, 15) is 24.3 Å². The Morgan fingerprint density at radius 1 is 1.10 bits per heavy atom. The molecule has 1 fully saturated rings. The zero-order valence-electron chi connectivity index (χ0n) is 17.2. The molecule has 31 heavy (non-hydrogen) atoms. The molecule has 0 spiro atoms. The van der Waals surface area contributed by atoms with E-state index in [0.717, 1.165) is 6.92 Å². The van der Waals surface area contributed by atoms with Gasteiger partial charge in [0.05, 0.1) is 18.1 Å². The van der Waals surface area contributed by atoms with E-state index in [2.05, 4.69) is 0 Å². The van der Waals surface area contributed by atoms with Crippen LogP contribution in [0.1, 0.15) is 30.6 Å². The molecule has 0 amide bonds. The monoisotopic (exact) mass is 432 g/mol. The molecule has 0 aromatic heterocycles. The van der Waals surface area contributed by atoms with Gasteiger partial charge in [0.2, 0.25) is 6.10 Å². The lowest BCUT2D eigenvalue weighted by atomic mass is 9.70. The van der Waals surface area contributed by atoms with Gasteiger partial charge >= 0.3 is 23.9 Å². The van der Waals surface area contributed by atoms with Gasteiger partial charge in [0.1, 0.15) is 18.8 Å². The van der Waals surface area contributed by atoms with E-state index in [1.165, 1.54) is 6.92 Å². The number of hydrogen-bond acceptors (Lipinski definition) is 9. The summed E-state index contributed by atoms with van der Waals surface area (Å²) in [6.07, 6.45) is -1.19. The first-order chi connectivity index (χ1) is 14.8. The van der Waals surface area contributed by atoms with Gasteiger partial charge in [-0.3, -0.25) is 9.59 Å². The average Bonchev–Trinajstić information content (AvgIpc) is 2.73. The summed E-state index contributed by atoms with van der Waals surface area (Å²) >= 11 is 0. The van der Waals surface area contributed by atoms with E-state index >= 15 is 0 Å². The highest BCUT2D eigenvalue weighted by atomic mass is 16.6. The molecule has 0 saturated carbocycles. The highest BCUT2D eigenvalue weighted by Crippen LogP contribution is 2.42. The Morgan fingerprint density at radius 2 is 1.77 bits per heavy atom. The normalized spacial score (nSPS) is 27.3. The molecule has 9 nitrogen and oxygen atoms in total. The maximum Gasteiger partial charge on any atom is 0.348 e. The van der Waals surface area contributed by atoms with Gasteiger partial charge in [-0.2, -0.15) is 0 Å².